The Morgan fingerprint density at radius 2 is 1.67 bits per heavy atom. The summed E-state index contributed by atoms with van der Waals surface area (Å²) in [6.07, 6.45) is 0. The van der Waals surface area contributed by atoms with Crippen LogP contribution in [0.25, 0.3) is 0 Å². The molecule has 0 aromatic heterocycles. The van der Waals surface area contributed by atoms with Crippen LogP contribution >= 0.6 is 0 Å². The van der Waals surface area contributed by atoms with Gasteiger partial charge in [-0.2, -0.15) is 0 Å². The minimum atomic E-state index is -1.63. The summed E-state index contributed by atoms with van der Waals surface area (Å²) in [5, 5.41) is 9.24. The molecule has 0 aliphatic heterocycles. The highest BCUT2D eigenvalue weighted by molar-refractivity contribution is 6.30. The number of carbonyl (C=O) groups excluding carboxylic acids is 2. The van der Waals surface area contributed by atoms with Crippen LogP contribution in [0, 0.1) is 0 Å². The Bertz CT molecular complexity index is 72.0. The first-order valence-electron chi connectivity index (χ1n) is 1.36. The minimum absolute atomic E-state index is 0.935. The number of aliphatic carboxylic acids is 1. The van der Waals surface area contributed by atoms with E-state index in [1.807, 2.05) is 0 Å². The van der Waals surface area contributed by atoms with Crippen LogP contribution in [0.1, 0.15) is 6.92 Å². The van der Waals surface area contributed by atoms with E-state index in [9.17, 15) is 14.7 Å². The first-order valence-corrected chi connectivity index (χ1v) is 1.36. The summed E-state index contributed by atoms with van der Waals surface area (Å²) in [4.78, 5) is 18.7. The summed E-state index contributed by atoms with van der Waals surface area (Å²) < 4.78 is 0. The highest BCUT2D eigenvalue weighted by Gasteiger charge is 1.85. The van der Waals surface area contributed by atoms with E-state index in [2.05, 4.69) is 0 Å². The van der Waals surface area contributed by atoms with Gasteiger partial charge < -0.3 is 9.90 Å². The molecule has 0 bridgehead atoms. The summed E-state index contributed by atoms with van der Waals surface area (Å²) in [6, 6.07) is 0. The normalized spacial score (nSPS) is 7.50. The van der Waals surface area contributed by atoms with E-state index in [-0.39, 0.29) is 0 Å². The maximum atomic E-state index is 9.48. The molecule has 6 heavy (non-hydrogen) atoms. The number of Topliss-reactive ketones (excluding diaryl/α,β-unsaturated/α-hetero) is 1. The topological polar surface area (TPSA) is 57.2 Å². The van der Waals surface area contributed by atoms with Crippen molar-refractivity contribution < 1.29 is 14.7 Å². The van der Waals surface area contributed by atoms with Crippen LogP contribution < -0.4 is 5.11 Å². The summed E-state index contributed by atoms with van der Waals surface area (Å²) >= 11 is 0. The number of hydrogen-bond acceptors (Lipinski definition) is 3. The predicted molar refractivity (Wildman–Crippen MR) is 15.7 cm³/mol. The molecule has 0 N–H and O–H groups in total. The lowest BCUT2D eigenvalue weighted by atomic mass is 11.1. The highest BCUT2D eigenvalue weighted by atomic mass is 16.5. The number of carbonyl (C=O) groups is 2. The van der Waals surface area contributed by atoms with Crippen LogP contribution in [0.15, 0.2) is 0 Å². The molecule has 0 aromatic carbocycles. The zero-order valence-electron chi connectivity index (χ0n) is 3.22. The Hall–Kier alpha value is -0.860. The Labute approximate surface area is 34.6 Å². The number of carboxylic acid groups (broad SMARTS) is 1. The van der Waals surface area contributed by atoms with E-state index < -0.39 is 11.8 Å². The minimum Gasteiger partial charge on any atom is -0.542 e. The Morgan fingerprint density at radius 1 is 1.50 bits per heavy atom. The van der Waals surface area contributed by atoms with Crippen LogP contribution in [-0.4, -0.2) is 11.8 Å². The second-order valence-corrected chi connectivity index (χ2v) is 0.844. The summed E-state index contributed by atoms with van der Waals surface area (Å²) in [6.45, 7) is 0.940. The number of hydrogen-bond donors (Lipinski definition) is 0. The van der Waals surface area contributed by atoms with Crippen molar-refractivity contribution in [2.75, 3.05) is 0 Å². The molecule has 0 aliphatic carbocycles. The summed E-state index contributed by atoms with van der Waals surface area (Å²) in [7, 11) is 0. The Balaban J connectivity index is 3.57. The van der Waals surface area contributed by atoms with Gasteiger partial charge in [0.05, 0.1) is 0 Å². The van der Waals surface area contributed by atoms with E-state index in [1.165, 1.54) is 0 Å². The van der Waals surface area contributed by atoms with E-state index in [0.717, 1.165) is 6.92 Å². The van der Waals surface area contributed by atoms with Crippen molar-refractivity contribution in [3.8, 4) is 0 Å². The maximum absolute atomic E-state index is 9.48. The molecule has 3 heteroatoms. The molecule has 34 valence electrons. The molecule has 0 atom stereocenters. The molecule has 0 radical (unpaired) electrons. The Morgan fingerprint density at radius 3 is 1.67 bits per heavy atom. The third kappa shape index (κ3) is 1.46. The Kier molecular flexibility index (Phi) is 1.32. The van der Waals surface area contributed by atoms with Gasteiger partial charge in [-0.15, -0.1) is 0 Å². The zero-order valence-corrected chi connectivity index (χ0v) is 3.22. The van der Waals surface area contributed by atoms with Crippen molar-refractivity contribution in [1.82, 2.24) is 0 Å². The van der Waals surface area contributed by atoms with E-state index in [1.54, 1.807) is 0 Å². The van der Waals surface area contributed by atoms with Crippen molar-refractivity contribution in [1.29, 1.82) is 0 Å². The van der Waals surface area contributed by atoms with E-state index in [0.29, 0.717) is 0 Å². The third-order valence-corrected chi connectivity index (χ3v) is 0.287. The molecule has 0 heterocycles. The first kappa shape index (κ1) is 5.14. The second kappa shape index (κ2) is 1.55. The van der Waals surface area contributed by atoms with Gasteiger partial charge in [0.25, 0.3) is 0 Å². The molecule has 0 saturated heterocycles. The molecule has 0 unspecified atom stereocenters. The van der Waals surface area contributed by atoms with Crippen LogP contribution in [0.3, 0.4) is 0 Å². The second-order valence-electron chi connectivity index (χ2n) is 0.844. The molecule has 0 amide bonds. The number of rotatable bonds is 1. The monoisotopic (exact) mass is 89.0 g/mol. The van der Waals surface area contributed by atoms with Gasteiger partial charge in [0.15, 0.2) is 5.78 Å². The van der Waals surface area contributed by atoms with Gasteiger partial charge in [-0.05, 0) is 0 Å². The number of ketones is 1. The van der Waals surface area contributed by atoms with Crippen LogP contribution in [0.2, 0.25) is 0 Å². The lowest BCUT2D eigenvalue weighted by Crippen LogP contribution is -2.29. The lowest BCUT2D eigenvalue weighted by molar-refractivity contribution is -0.299. The largest absolute Gasteiger partial charge is 0.542 e. The average Bonchev–Trinajstić information content (AvgIpc) is 1.36. The fourth-order valence-corrected chi connectivity index (χ4v) is 0. The third-order valence-electron chi connectivity index (χ3n) is 0.287. The zero-order chi connectivity index (χ0) is 5.15. The fourth-order valence-electron chi connectivity index (χ4n) is 0. The molecule has 0 aliphatic rings. The first-order chi connectivity index (χ1) is 2.64. The molecule has 0 spiro atoms. The lowest BCUT2D eigenvalue weighted by Gasteiger charge is -1.87. The summed E-state index contributed by atoms with van der Waals surface area (Å²) in [5.74, 6) is -2.56. The van der Waals surface area contributed by atoms with Crippen LogP contribution in [0.5, 0.6) is 0 Å². The van der Waals surface area contributed by atoms with Gasteiger partial charge in [0.1, 0.15) is 5.97 Å². The van der Waals surface area contributed by atoms with Crippen molar-refractivity contribution in [3.05, 3.63) is 0 Å². The molecule has 0 saturated carbocycles. The fraction of sp³-hybridized carbons (Fsp3) is 0.333. The molecular formula is C3H3O3-. The SMILES string of the molecule is C[13C](=O)[13C](=O)[O-]. The molecule has 0 fully saturated rings. The molecule has 0 rings (SSSR count). The standard InChI is InChI=1S/C3H4O3/c1-2(4)3(5)6/h1H3,(H,5,6)/p-1/i2+1,3+1. The van der Waals surface area contributed by atoms with Crippen molar-refractivity contribution in [2.24, 2.45) is 0 Å². The molecular weight excluding hydrogens is 86.0 g/mol. The van der Waals surface area contributed by atoms with Gasteiger partial charge in [0, 0.05) is 6.92 Å². The predicted octanol–water partition coefficient (Wildman–Crippen LogP) is -1.67. The van der Waals surface area contributed by atoms with Gasteiger partial charge >= 0.3 is 0 Å². The van der Waals surface area contributed by atoms with Gasteiger partial charge in [-0.3, -0.25) is 4.79 Å². The molecule has 3 nitrogen and oxygen atoms in total. The van der Waals surface area contributed by atoms with Crippen LogP contribution in [-0.2, 0) is 9.59 Å². The quantitative estimate of drug-likeness (QED) is 0.285. The van der Waals surface area contributed by atoms with E-state index in [4.69, 9.17) is 0 Å². The van der Waals surface area contributed by atoms with Crippen molar-refractivity contribution in [3.63, 3.8) is 0 Å². The molecule has 0 aromatic rings. The van der Waals surface area contributed by atoms with Crippen molar-refractivity contribution >= 4 is 11.8 Å². The van der Waals surface area contributed by atoms with Crippen molar-refractivity contribution in [2.45, 2.75) is 6.92 Å². The maximum Gasteiger partial charge on any atom is 0.175 e. The smallest absolute Gasteiger partial charge is 0.175 e. The van der Waals surface area contributed by atoms with Gasteiger partial charge in [-0.1, -0.05) is 0 Å². The number of carboxylic acids is 1. The highest BCUT2D eigenvalue weighted by Crippen LogP contribution is 1.56. The summed E-state index contributed by atoms with van der Waals surface area (Å²) in [5.41, 5.74) is 0. The van der Waals surface area contributed by atoms with Crippen LogP contribution in [0.4, 0.5) is 0 Å². The van der Waals surface area contributed by atoms with Gasteiger partial charge in [-0.25, -0.2) is 0 Å². The van der Waals surface area contributed by atoms with E-state index >= 15 is 0 Å². The average molecular weight is 89.0 g/mol. The van der Waals surface area contributed by atoms with Gasteiger partial charge in [0.2, 0.25) is 0 Å².